The fourth-order valence-electron chi connectivity index (χ4n) is 3.42. The molecule has 33 heavy (non-hydrogen) atoms. The van der Waals surface area contributed by atoms with Crippen molar-refractivity contribution in [1.82, 2.24) is 9.62 Å². The number of methoxy groups -OCH3 is 1. The summed E-state index contributed by atoms with van der Waals surface area (Å²) in [7, 11) is -2.60. The first-order valence-electron chi connectivity index (χ1n) is 10.4. The molecule has 1 N–H and O–H groups in total. The summed E-state index contributed by atoms with van der Waals surface area (Å²) in [6, 6.07) is 21.5. The van der Waals surface area contributed by atoms with E-state index in [0.29, 0.717) is 0 Å². The lowest BCUT2D eigenvalue weighted by molar-refractivity contribution is -0.122. The van der Waals surface area contributed by atoms with Gasteiger partial charge in [0.2, 0.25) is 15.9 Å². The molecule has 0 saturated heterocycles. The van der Waals surface area contributed by atoms with Crippen LogP contribution in [-0.2, 0) is 21.4 Å². The molecule has 3 aromatic carbocycles. The molecule has 0 fully saturated rings. The number of aryl methyl sites for hydroxylation is 1. The van der Waals surface area contributed by atoms with Gasteiger partial charge in [-0.1, -0.05) is 64.5 Å². The molecular weight excluding hydrogens is 504 g/mol. The van der Waals surface area contributed by atoms with E-state index < -0.39 is 15.9 Å². The van der Waals surface area contributed by atoms with Crippen molar-refractivity contribution in [2.24, 2.45) is 0 Å². The summed E-state index contributed by atoms with van der Waals surface area (Å²) in [6.07, 6.45) is 0. The van der Waals surface area contributed by atoms with Crippen molar-refractivity contribution in [3.63, 3.8) is 0 Å². The van der Waals surface area contributed by atoms with Crippen LogP contribution >= 0.6 is 15.9 Å². The SMILES string of the molecule is COc1ccc(C)cc1S(=O)(=O)N(CC(=O)N[C@H](C)c1ccc(Br)cc1)Cc1ccccc1. The van der Waals surface area contributed by atoms with Gasteiger partial charge in [-0.15, -0.1) is 0 Å². The Labute approximate surface area is 203 Å². The van der Waals surface area contributed by atoms with Crippen LogP contribution in [0.25, 0.3) is 0 Å². The fourth-order valence-corrected chi connectivity index (χ4v) is 5.31. The number of carbonyl (C=O) groups excluding carboxylic acids is 1. The Bertz CT molecular complexity index is 1200. The molecule has 3 aromatic rings. The third-order valence-electron chi connectivity index (χ3n) is 5.21. The zero-order valence-electron chi connectivity index (χ0n) is 18.8. The van der Waals surface area contributed by atoms with Crippen molar-refractivity contribution < 1.29 is 17.9 Å². The number of hydrogen-bond donors (Lipinski definition) is 1. The highest BCUT2D eigenvalue weighted by molar-refractivity contribution is 9.10. The minimum absolute atomic E-state index is 0.0367. The van der Waals surface area contributed by atoms with Gasteiger partial charge in [-0.25, -0.2) is 8.42 Å². The van der Waals surface area contributed by atoms with E-state index in [4.69, 9.17) is 4.74 Å². The molecule has 1 amide bonds. The van der Waals surface area contributed by atoms with Crippen LogP contribution in [0.1, 0.15) is 29.7 Å². The van der Waals surface area contributed by atoms with Crippen molar-refractivity contribution in [1.29, 1.82) is 0 Å². The zero-order chi connectivity index (χ0) is 24.0. The number of halogens is 1. The summed E-state index contributed by atoms with van der Waals surface area (Å²) < 4.78 is 34.8. The minimum atomic E-state index is -4.02. The molecular formula is C25H27BrN2O4S. The molecule has 0 aliphatic rings. The first-order chi connectivity index (χ1) is 15.7. The Morgan fingerprint density at radius 2 is 1.73 bits per heavy atom. The monoisotopic (exact) mass is 530 g/mol. The van der Waals surface area contributed by atoms with Gasteiger partial charge in [0.1, 0.15) is 10.6 Å². The number of amides is 1. The van der Waals surface area contributed by atoms with Gasteiger partial charge in [0.15, 0.2) is 0 Å². The molecule has 0 spiro atoms. The molecule has 6 nitrogen and oxygen atoms in total. The van der Waals surface area contributed by atoms with Crippen LogP contribution in [0.4, 0.5) is 0 Å². The quantitative estimate of drug-likeness (QED) is 0.429. The predicted molar refractivity (Wildman–Crippen MR) is 132 cm³/mol. The largest absolute Gasteiger partial charge is 0.495 e. The number of rotatable bonds is 9. The summed E-state index contributed by atoms with van der Waals surface area (Å²) in [4.78, 5) is 13.0. The van der Waals surface area contributed by atoms with E-state index in [-0.39, 0.29) is 29.8 Å². The summed E-state index contributed by atoms with van der Waals surface area (Å²) in [5.74, 6) is -0.154. The van der Waals surface area contributed by atoms with Gasteiger partial charge in [-0.3, -0.25) is 4.79 Å². The molecule has 174 valence electrons. The molecule has 8 heteroatoms. The Morgan fingerprint density at radius 3 is 2.36 bits per heavy atom. The second-order valence-electron chi connectivity index (χ2n) is 7.75. The van der Waals surface area contributed by atoms with Crippen molar-refractivity contribution in [2.45, 2.75) is 31.3 Å². The topological polar surface area (TPSA) is 75.7 Å². The number of ether oxygens (including phenoxy) is 1. The summed E-state index contributed by atoms with van der Waals surface area (Å²) in [6.45, 7) is 3.41. The molecule has 0 aromatic heterocycles. The standard InChI is InChI=1S/C25H27BrN2O4S/c1-18-9-14-23(32-3)24(15-18)33(30,31)28(16-20-7-5-4-6-8-20)17-25(29)27-19(2)21-10-12-22(26)13-11-21/h4-15,19H,16-17H2,1-3H3,(H,27,29)/t19-/m1/s1. The normalized spacial score (nSPS) is 12.4. The van der Waals surface area contributed by atoms with E-state index >= 15 is 0 Å². The molecule has 0 aliphatic heterocycles. The maximum atomic E-state index is 13.7. The molecule has 0 saturated carbocycles. The molecule has 3 rings (SSSR count). The molecule has 0 radical (unpaired) electrons. The lowest BCUT2D eigenvalue weighted by Gasteiger charge is -2.24. The van der Waals surface area contributed by atoms with Crippen LogP contribution in [0, 0.1) is 6.92 Å². The van der Waals surface area contributed by atoms with Crippen molar-refractivity contribution in [3.8, 4) is 5.75 Å². The highest BCUT2D eigenvalue weighted by Crippen LogP contribution is 2.29. The van der Waals surface area contributed by atoms with Gasteiger partial charge in [0, 0.05) is 11.0 Å². The predicted octanol–water partition coefficient (Wildman–Crippen LogP) is 4.83. The zero-order valence-corrected chi connectivity index (χ0v) is 21.2. The first-order valence-corrected chi connectivity index (χ1v) is 12.7. The molecule has 1 atom stereocenters. The average Bonchev–Trinajstić information content (AvgIpc) is 2.79. The van der Waals surface area contributed by atoms with Gasteiger partial charge in [-0.05, 0) is 54.8 Å². The summed E-state index contributed by atoms with van der Waals surface area (Å²) in [5, 5.41) is 2.90. The number of hydrogen-bond acceptors (Lipinski definition) is 4. The maximum Gasteiger partial charge on any atom is 0.247 e. The van der Waals surface area contributed by atoms with E-state index in [1.54, 1.807) is 18.2 Å². The van der Waals surface area contributed by atoms with E-state index in [1.165, 1.54) is 11.4 Å². The fraction of sp³-hybridized carbons (Fsp3) is 0.240. The van der Waals surface area contributed by atoms with Crippen LogP contribution in [0.2, 0.25) is 0 Å². The van der Waals surface area contributed by atoms with Gasteiger partial charge in [0.05, 0.1) is 19.7 Å². The second kappa shape index (κ2) is 11.0. The highest BCUT2D eigenvalue weighted by atomic mass is 79.9. The van der Waals surface area contributed by atoms with Crippen LogP contribution in [-0.4, -0.2) is 32.3 Å². The van der Waals surface area contributed by atoms with E-state index in [0.717, 1.165) is 21.2 Å². The van der Waals surface area contributed by atoms with Crippen molar-refractivity contribution in [3.05, 3.63) is 94.0 Å². The third kappa shape index (κ3) is 6.43. The van der Waals surface area contributed by atoms with E-state index in [9.17, 15) is 13.2 Å². The lowest BCUT2D eigenvalue weighted by atomic mass is 10.1. The maximum absolute atomic E-state index is 13.7. The number of nitrogens with one attached hydrogen (secondary N) is 1. The number of benzene rings is 3. The van der Waals surface area contributed by atoms with Crippen LogP contribution < -0.4 is 10.1 Å². The van der Waals surface area contributed by atoms with Gasteiger partial charge in [-0.2, -0.15) is 4.31 Å². The second-order valence-corrected chi connectivity index (χ2v) is 10.6. The first kappa shape index (κ1) is 25.0. The van der Waals surface area contributed by atoms with Gasteiger partial charge >= 0.3 is 0 Å². The highest BCUT2D eigenvalue weighted by Gasteiger charge is 2.30. The average molecular weight is 531 g/mol. The van der Waals surface area contributed by atoms with Crippen molar-refractivity contribution >= 4 is 31.9 Å². The van der Waals surface area contributed by atoms with Gasteiger partial charge in [0.25, 0.3) is 0 Å². The van der Waals surface area contributed by atoms with E-state index in [1.807, 2.05) is 68.4 Å². The number of nitrogens with zero attached hydrogens (tertiary/aromatic N) is 1. The van der Waals surface area contributed by atoms with Crippen LogP contribution in [0.5, 0.6) is 5.75 Å². The Hall–Kier alpha value is -2.68. The Morgan fingerprint density at radius 1 is 1.06 bits per heavy atom. The lowest BCUT2D eigenvalue weighted by Crippen LogP contribution is -2.41. The summed E-state index contributed by atoms with van der Waals surface area (Å²) >= 11 is 3.40. The van der Waals surface area contributed by atoms with E-state index in [2.05, 4.69) is 21.2 Å². The van der Waals surface area contributed by atoms with Gasteiger partial charge < -0.3 is 10.1 Å². The number of sulfonamides is 1. The Balaban J connectivity index is 1.89. The van der Waals surface area contributed by atoms with Crippen LogP contribution in [0.15, 0.2) is 82.2 Å². The number of carbonyl (C=O) groups is 1. The molecule has 0 aliphatic carbocycles. The minimum Gasteiger partial charge on any atom is -0.495 e. The molecule has 0 unspecified atom stereocenters. The Kier molecular flexibility index (Phi) is 8.29. The summed E-state index contributed by atoms with van der Waals surface area (Å²) in [5.41, 5.74) is 2.48. The van der Waals surface area contributed by atoms with Crippen LogP contribution in [0.3, 0.4) is 0 Å². The molecule has 0 heterocycles. The smallest absolute Gasteiger partial charge is 0.247 e. The van der Waals surface area contributed by atoms with Crippen molar-refractivity contribution in [2.75, 3.05) is 13.7 Å². The molecule has 0 bridgehead atoms. The third-order valence-corrected chi connectivity index (χ3v) is 7.55.